The molecule has 1 aliphatic carbocycles. The fraction of sp³-hybridized carbons (Fsp3) is 0.600. The summed E-state index contributed by atoms with van der Waals surface area (Å²) in [6, 6.07) is 0. The van der Waals surface area contributed by atoms with Crippen LogP contribution in [0.5, 0.6) is 0 Å². The van der Waals surface area contributed by atoms with Crippen LogP contribution in [0.25, 0.3) is 0 Å². The molecular weight excluding hydrogens is 214 g/mol. The Morgan fingerprint density at radius 2 is 2.33 bits per heavy atom. The summed E-state index contributed by atoms with van der Waals surface area (Å²) >= 11 is 5.91. The van der Waals surface area contributed by atoms with Crippen LogP contribution in [0.2, 0.25) is 5.02 Å². The van der Waals surface area contributed by atoms with Crippen molar-refractivity contribution < 1.29 is 4.79 Å². The Labute approximate surface area is 93.4 Å². The van der Waals surface area contributed by atoms with Gasteiger partial charge in [-0.2, -0.15) is 5.10 Å². The van der Waals surface area contributed by atoms with Crippen molar-refractivity contribution in [2.75, 3.05) is 0 Å². The standard InChI is InChI=1S/C10H14ClN3O/c1-10(12,6-3-4-6)9(15)8-7(11)5-13-14(8)2/h5-6H,3-4,12H2,1-2H3. The summed E-state index contributed by atoms with van der Waals surface area (Å²) in [7, 11) is 1.70. The van der Waals surface area contributed by atoms with Crippen molar-refractivity contribution >= 4 is 17.4 Å². The van der Waals surface area contributed by atoms with Gasteiger partial charge in [0.05, 0.1) is 16.8 Å². The van der Waals surface area contributed by atoms with E-state index in [0.29, 0.717) is 10.7 Å². The molecule has 82 valence electrons. The van der Waals surface area contributed by atoms with Crippen molar-refractivity contribution in [3.8, 4) is 0 Å². The number of ketones is 1. The number of aromatic nitrogens is 2. The molecule has 1 unspecified atom stereocenters. The van der Waals surface area contributed by atoms with Gasteiger partial charge in [-0.15, -0.1) is 0 Å². The molecular formula is C10H14ClN3O. The van der Waals surface area contributed by atoms with Gasteiger partial charge in [0, 0.05) is 7.05 Å². The minimum absolute atomic E-state index is 0.116. The second-order valence-electron chi connectivity index (χ2n) is 4.35. The van der Waals surface area contributed by atoms with E-state index in [2.05, 4.69) is 5.10 Å². The third kappa shape index (κ3) is 1.68. The number of halogens is 1. The lowest BCUT2D eigenvalue weighted by Crippen LogP contribution is -2.47. The molecule has 0 bridgehead atoms. The van der Waals surface area contributed by atoms with Crippen molar-refractivity contribution in [2.45, 2.75) is 25.3 Å². The highest BCUT2D eigenvalue weighted by atomic mass is 35.5. The van der Waals surface area contributed by atoms with Gasteiger partial charge in [0.25, 0.3) is 0 Å². The largest absolute Gasteiger partial charge is 0.319 e. The van der Waals surface area contributed by atoms with Crippen molar-refractivity contribution in [1.82, 2.24) is 9.78 Å². The van der Waals surface area contributed by atoms with Crippen molar-refractivity contribution in [3.63, 3.8) is 0 Å². The van der Waals surface area contributed by atoms with Crippen LogP contribution < -0.4 is 5.73 Å². The van der Waals surface area contributed by atoms with Crippen LogP contribution in [0.3, 0.4) is 0 Å². The summed E-state index contributed by atoms with van der Waals surface area (Å²) in [6.07, 6.45) is 3.51. The topological polar surface area (TPSA) is 60.9 Å². The smallest absolute Gasteiger partial charge is 0.202 e. The number of nitrogens with two attached hydrogens (primary N) is 1. The van der Waals surface area contributed by atoms with Gasteiger partial charge in [0.15, 0.2) is 0 Å². The SMILES string of the molecule is Cn1ncc(Cl)c1C(=O)C(C)(N)C1CC1. The molecule has 0 amide bonds. The maximum Gasteiger partial charge on any atom is 0.202 e. The second-order valence-corrected chi connectivity index (χ2v) is 4.76. The van der Waals surface area contributed by atoms with E-state index < -0.39 is 5.54 Å². The number of hydrogen-bond donors (Lipinski definition) is 1. The number of nitrogens with zero attached hydrogens (tertiary/aromatic N) is 2. The molecule has 0 aromatic carbocycles. The number of hydrogen-bond acceptors (Lipinski definition) is 3. The first kappa shape index (κ1) is 10.6. The second kappa shape index (κ2) is 3.32. The quantitative estimate of drug-likeness (QED) is 0.794. The molecule has 2 rings (SSSR count). The van der Waals surface area contributed by atoms with Crippen LogP contribution >= 0.6 is 11.6 Å². The van der Waals surface area contributed by atoms with E-state index in [0.717, 1.165) is 12.8 Å². The third-order valence-electron chi connectivity index (χ3n) is 3.02. The Morgan fingerprint density at radius 3 is 2.73 bits per heavy atom. The maximum atomic E-state index is 12.2. The van der Waals surface area contributed by atoms with E-state index in [4.69, 9.17) is 17.3 Å². The average molecular weight is 228 g/mol. The normalized spacial score (nSPS) is 20.0. The minimum atomic E-state index is -0.808. The highest BCUT2D eigenvalue weighted by Gasteiger charge is 2.45. The van der Waals surface area contributed by atoms with Crippen LogP contribution in [0.4, 0.5) is 0 Å². The molecule has 1 saturated carbocycles. The van der Waals surface area contributed by atoms with Crippen LogP contribution in [0, 0.1) is 5.92 Å². The molecule has 0 saturated heterocycles. The van der Waals surface area contributed by atoms with Gasteiger partial charge in [-0.1, -0.05) is 11.6 Å². The average Bonchev–Trinajstić information content (AvgIpc) is 2.94. The van der Waals surface area contributed by atoms with Crippen LogP contribution in [0.1, 0.15) is 30.3 Å². The zero-order chi connectivity index (χ0) is 11.2. The van der Waals surface area contributed by atoms with E-state index in [1.165, 1.54) is 10.9 Å². The summed E-state index contributed by atoms with van der Waals surface area (Å²) < 4.78 is 1.48. The first-order chi connectivity index (χ1) is 6.94. The molecule has 0 aliphatic heterocycles. The zero-order valence-corrected chi connectivity index (χ0v) is 9.58. The van der Waals surface area contributed by atoms with E-state index in [1.807, 2.05) is 0 Å². The summed E-state index contributed by atoms with van der Waals surface area (Å²) in [6.45, 7) is 1.77. The lowest BCUT2D eigenvalue weighted by Gasteiger charge is -2.22. The molecule has 1 aliphatic rings. The number of carbonyl (C=O) groups excluding carboxylic acids is 1. The predicted molar refractivity (Wildman–Crippen MR) is 57.9 cm³/mol. The monoisotopic (exact) mass is 227 g/mol. The predicted octanol–water partition coefficient (Wildman–Crippen LogP) is 1.38. The molecule has 1 fully saturated rings. The number of carbonyl (C=O) groups is 1. The third-order valence-corrected chi connectivity index (χ3v) is 3.30. The van der Waals surface area contributed by atoms with Crippen molar-refractivity contribution in [3.05, 3.63) is 16.9 Å². The van der Waals surface area contributed by atoms with Gasteiger partial charge in [-0.05, 0) is 25.7 Å². The van der Waals surface area contributed by atoms with Crippen molar-refractivity contribution in [1.29, 1.82) is 0 Å². The number of rotatable bonds is 3. The summed E-state index contributed by atoms with van der Waals surface area (Å²) in [5, 5.41) is 4.31. The summed E-state index contributed by atoms with van der Waals surface area (Å²) in [4.78, 5) is 12.2. The summed E-state index contributed by atoms with van der Waals surface area (Å²) in [5.41, 5.74) is 5.65. The fourth-order valence-corrected chi connectivity index (χ4v) is 2.04. The fourth-order valence-electron chi connectivity index (χ4n) is 1.79. The zero-order valence-electron chi connectivity index (χ0n) is 8.83. The highest BCUT2D eigenvalue weighted by molar-refractivity contribution is 6.34. The molecule has 5 heteroatoms. The van der Waals surface area contributed by atoms with E-state index in [-0.39, 0.29) is 11.7 Å². The van der Waals surface area contributed by atoms with Gasteiger partial charge in [0.1, 0.15) is 5.69 Å². The van der Waals surface area contributed by atoms with Gasteiger partial charge in [-0.3, -0.25) is 9.48 Å². The Balaban J connectivity index is 2.35. The van der Waals surface area contributed by atoms with E-state index in [9.17, 15) is 4.79 Å². The van der Waals surface area contributed by atoms with Gasteiger partial charge < -0.3 is 5.73 Å². The Kier molecular flexibility index (Phi) is 2.35. The first-order valence-electron chi connectivity index (χ1n) is 4.95. The molecule has 0 radical (unpaired) electrons. The van der Waals surface area contributed by atoms with Crippen LogP contribution in [-0.2, 0) is 7.05 Å². The maximum absolute atomic E-state index is 12.2. The molecule has 2 N–H and O–H groups in total. The van der Waals surface area contributed by atoms with Crippen LogP contribution in [-0.4, -0.2) is 21.1 Å². The molecule has 0 spiro atoms. The molecule has 4 nitrogen and oxygen atoms in total. The number of aryl methyl sites for hydroxylation is 1. The van der Waals surface area contributed by atoms with E-state index in [1.54, 1.807) is 14.0 Å². The Bertz CT molecular complexity index is 387. The van der Waals surface area contributed by atoms with Gasteiger partial charge in [-0.25, -0.2) is 0 Å². The van der Waals surface area contributed by atoms with E-state index >= 15 is 0 Å². The Hall–Kier alpha value is -0.870. The van der Waals surface area contributed by atoms with Gasteiger partial charge in [0.2, 0.25) is 5.78 Å². The first-order valence-corrected chi connectivity index (χ1v) is 5.33. The van der Waals surface area contributed by atoms with Gasteiger partial charge >= 0.3 is 0 Å². The highest BCUT2D eigenvalue weighted by Crippen LogP contribution is 2.40. The Morgan fingerprint density at radius 1 is 1.73 bits per heavy atom. The molecule has 15 heavy (non-hydrogen) atoms. The number of Topliss-reactive ketones (excluding diaryl/α,β-unsaturated/α-hetero) is 1. The molecule has 1 heterocycles. The molecule has 1 aromatic rings. The summed E-state index contributed by atoms with van der Waals surface area (Å²) in [5.74, 6) is 0.172. The molecule has 1 atom stereocenters. The van der Waals surface area contributed by atoms with Crippen LogP contribution in [0.15, 0.2) is 6.20 Å². The minimum Gasteiger partial charge on any atom is -0.319 e. The van der Waals surface area contributed by atoms with Crippen molar-refractivity contribution in [2.24, 2.45) is 18.7 Å². The lowest BCUT2D eigenvalue weighted by atomic mass is 9.90. The molecule has 1 aromatic heterocycles. The lowest BCUT2D eigenvalue weighted by molar-refractivity contribution is 0.0873.